The summed E-state index contributed by atoms with van der Waals surface area (Å²) in [6, 6.07) is 3.64. The molecule has 1 aromatic rings. The first kappa shape index (κ1) is 15.0. The van der Waals surface area contributed by atoms with Crippen molar-refractivity contribution in [2.24, 2.45) is 0 Å². The molecule has 1 atom stereocenters. The maximum absolute atomic E-state index is 12.0. The third kappa shape index (κ3) is 3.45. The number of methoxy groups -OCH3 is 2. The molecule has 0 fully saturated rings. The van der Waals surface area contributed by atoms with E-state index in [4.69, 9.17) is 14.7 Å². The fourth-order valence-corrected chi connectivity index (χ4v) is 2.85. The highest BCUT2D eigenvalue weighted by Gasteiger charge is 2.27. The van der Waals surface area contributed by atoms with Gasteiger partial charge in [0, 0.05) is 13.2 Å². The Morgan fingerprint density at radius 1 is 1.67 bits per heavy atom. The molecule has 0 aliphatic carbocycles. The third-order valence-corrected chi connectivity index (χ3v) is 3.95. The lowest BCUT2D eigenvalue weighted by molar-refractivity contribution is 0.0864. The van der Waals surface area contributed by atoms with Crippen molar-refractivity contribution >= 4 is 33.2 Å². The molecule has 0 aliphatic rings. The van der Waals surface area contributed by atoms with E-state index < -0.39 is 5.54 Å². The van der Waals surface area contributed by atoms with Crippen LogP contribution in [0.4, 0.5) is 0 Å². The van der Waals surface area contributed by atoms with Gasteiger partial charge in [-0.25, -0.2) is 0 Å². The van der Waals surface area contributed by atoms with Crippen molar-refractivity contribution < 1.29 is 14.3 Å². The van der Waals surface area contributed by atoms with Crippen molar-refractivity contribution in [1.82, 2.24) is 5.32 Å². The summed E-state index contributed by atoms with van der Waals surface area (Å²) in [5.41, 5.74) is -1.05. The minimum Gasteiger partial charge on any atom is -0.495 e. The van der Waals surface area contributed by atoms with Crippen molar-refractivity contribution in [3.05, 3.63) is 14.7 Å². The van der Waals surface area contributed by atoms with Crippen molar-refractivity contribution in [2.75, 3.05) is 20.8 Å². The summed E-state index contributed by atoms with van der Waals surface area (Å²) in [6.45, 7) is 1.73. The van der Waals surface area contributed by atoms with E-state index in [-0.39, 0.29) is 12.5 Å². The number of nitrogens with zero attached hydrogens (tertiary/aromatic N) is 1. The van der Waals surface area contributed by atoms with Gasteiger partial charge >= 0.3 is 0 Å². The van der Waals surface area contributed by atoms with E-state index in [2.05, 4.69) is 21.2 Å². The molecule has 1 N–H and O–H groups in total. The first-order valence-electron chi connectivity index (χ1n) is 5.02. The number of carbonyl (C=O) groups excluding carboxylic acids is 1. The largest absolute Gasteiger partial charge is 0.495 e. The van der Waals surface area contributed by atoms with Crippen molar-refractivity contribution in [1.29, 1.82) is 5.26 Å². The van der Waals surface area contributed by atoms with Crippen LogP contribution in [-0.2, 0) is 4.74 Å². The zero-order valence-electron chi connectivity index (χ0n) is 10.2. The number of nitrogens with one attached hydrogen (secondary N) is 1. The number of ether oxygens (including phenoxy) is 2. The number of halogens is 1. The number of hydrogen-bond acceptors (Lipinski definition) is 5. The lowest BCUT2D eigenvalue weighted by Gasteiger charge is -2.21. The van der Waals surface area contributed by atoms with Gasteiger partial charge in [-0.05, 0) is 22.9 Å². The van der Waals surface area contributed by atoms with E-state index in [0.717, 1.165) is 3.79 Å². The van der Waals surface area contributed by atoms with E-state index >= 15 is 0 Å². The van der Waals surface area contributed by atoms with Crippen molar-refractivity contribution in [3.63, 3.8) is 0 Å². The molecular formula is C11H13BrN2O3S. The predicted octanol–water partition coefficient (Wildman–Crippen LogP) is 2.18. The van der Waals surface area contributed by atoms with Gasteiger partial charge in [0.05, 0.1) is 24.7 Å². The maximum atomic E-state index is 12.0. The molecule has 0 saturated carbocycles. The quantitative estimate of drug-likeness (QED) is 0.896. The minimum atomic E-state index is -1.05. The number of thiophene rings is 1. The summed E-state index contributed by atoms with van der Waals surface area (Å²) in [4.78, 5) is 12.5. The van der Waals surface area contributed by atoms with Crippen LogP contribution >= 0.6 is 27.3 Å². The Labute approximate surface area is 118 Å². The average Bonchev–Trinajstić information content (AvgIpc) is 2.71. The average molecular weight is 333 g/mol. The molecular weight excluding hydrogens is 320 g/mol. The van der Waals surface area contributed by atoms with Gasteiger partial charge in [0.2, 0.25) is 0 Å². The summed E-state index contributed by atoms with van der Waals surface area (Å²) in [5.74, 6) is 0.264. The van der Waals surface area contributed by atoms with Crippen molar-refractivity contribution in [3.8, 4) is 11.8 Å². The molecule has 0 aromatic carbocycles. The highest BCUT2D eigenvalue weighted by Crippen LogP contribution is 2.34. The van der Waals surface area contributed by atoms with Crippen LogP contribution in [-0.4, -0.2) is 32.3 Å². The van der Waals surface area contributed by atoms with E-state index in [1.807, 2.05) is 6.07 Å². The van der Waals surface area contributed by atoms with Crippen LogP contribution in [0.1, 0.15) is 16.6 Å². The summed E-state index contributed by atoms with van der Waals surface area (Å²) >= 11 is 4.54. The number of hydrogen-bond donors (Lipinski definition) is 1. The van der Waals surface area contributed by atoms with Crippen LogP contribution in [0.15, 0.2) is 9.85 Å². The molecule has 1 heterocycles. The van der Waals surface area contributed by atoms with Gasteiger partial charge < -0.3 is 14.8 Å². The van der Waals surface area contributed by atoms with Gasteiger partial charge in [-0.15, -0.1) is 11.3 Å². The number of nitriles is 1. The molecule has 1 amide bonds. The van der Waals surface area contributed by atoms with E-state index in [1.54, 1.807) is 13.0 Å². The molecule has 0 bridgehead atoms. The Bertz CT molecular complexity index is 483. The van der Waals surface area contributed by atoms with Gasteiger partial charge in [-0.2, -0.15) is 5.26 Å². The second-order valence-electron chi connectivity index (χ2n) is 3.78. The SMILES string of the molecule is COC[C@@](C)(C#N)NC(=O)c1cc(OC)c(Br)s1. The normalized spacial score (nSPS) is 13.5. The third-order valence-electron chi connectivity index (χ3n) is 2.17. The first-order chi connectivity index (χ1) is 8.45. The minimum absolute atomic E-state index is 0.124. The van der Waals surface area contributed by atoms with Crippen LogP contribution < -0.4 is 10.1 Å². The zero-order chi connectivity index (χ0) is 13.8. The molecule has 0 radical (unpaired) electrons. The topological polar surface area (TPSA) is 71.3 Å². The van der Waals surface area contributed by atoms with Gasteiger partial charge in [0.25, 0.3) is 5.91 Å². The van der Waals surface area contributed by atoms with Crippen LogP contribution in [0.25, 0.3) is 0 Å². The number of amides is 1. The molecule has 1 aromatic heterocycles. The Morgan fingerprint density at radius 2 is 2.33 bits per heavy atom. The summed E-state index contributed by atoms with van der Waals surface area (Å²) in [5, 5.41) is 11.7. The van der Waals surface area contributed by atoms with E-state index in [0.29, 0.717) is 10.6 Å². The second-order valence-corrected chi connectivity index (χ2v) is 6.15. The highest BCUT2D eigenvalue weighted by atomic mass is 79.9. The molecule has 0 saturated heterocycles. The molecule has 7 heteroatoms. The molecule has 0 unspecified atom stereocenters. The summed E-state index contributed by atoms with van der Waals surface area (Å²) in [6.07, 6.45) is 0. The van der Waals surface area contributed by atoms with Crippen LogP contribution in [0.2, 0.25) is 0 Å². The number of carbonyl (C=O) groups is 1. The summed E-state index contributed by atoms with van der Waals surface area (Å²) in [7, 11) is 3.01. The Morgan fingerprint density at radius 3 is 2.78 bits per heavy atom. The van der Waals surface area contributed by atoms with E-state index in [1.165, 1.54) is 25.6 Å². The second kappa shape index (κ2) is 6.18. The standard InChI is InChI=1S/C11H13BrN2O3S/c1-11(5-13,6-16-2)14-10(15)8-4-7(17-3)9(12)18-8/h4H,6H2,1-3H3,(H,14,15)/t11-/m1/s1. The highest BCUT2D eigenvalue weighted by molar-refractivity contribution is 9.11. The van der Waals surface area contributed by atoms with Gasteiger partial charge in [-0.3, -0.25) is 4.79 Å². The van der Waals surface area contributed by atoms with E-state index in [9.17, 15) is 4.79 Å². The van der Waals surface area contributed by atoms with Crippen LogP contribution in [0.5, 0.6) is 5.75 Å². The fourth-order valence-electron chi connectivity index (χ4n) is 1.30. The molecule has 18 heavy (non-hydrogen) atoms. The van der Waals surface area contributed by atoms with Crippen molar-refractivity contribution in [2.45, 2.75) is 12.5 Å². The molecule has 98 valence electrons. The first-order valence-corrected chi connectivity index (χ1v) is 6.62. The van der Waals surface area contributed by atoms with Crippen LogP contribution in [0, 0.1) is 11.3 Å². The molecule has 5 nitrogen and oxygen atoms in total. The molecule has 1 rings (SSSR count). The Balaban J connectivity index is 2.85. The zero-order valence-corrected chi connectivity index (χ0v) is 12.6. The van der Waals surface area contributed by atoms with Gasteiger partial charge in [0.1, 0.15) is 15.1 Å². The predicted molar refractivity (Wildman–Crippen MR) is 71.9 cm³/mol. The lowest BCUT2D eigenvalue weighted by atomic mass is 10.1. The molecule has 0 spiro atoms. The monoisotopic (exact) mass is 332 g/mol. The Hall–Kier alpha value is -1.10. The van der Waals surface area contributed by atoms with Gasteiger partial charge in [-0.1, -0.05) is 0 Å². The summed E-state index contributed by atoms with van der Waals surface area (Å²) < 4.78 is 10.7. The fraction of sp³-hybridized carbons (Fsp3) is 0.455. The number of rotatable bonds is 5. The van der Waals surface area contributed by atoms with Crippen LogP contribution in [0.3, 0.4) is 0 Å². The van der Waals surface area contributed by atoms with Gasteiger partial charge in [0.15, 0.2) is 0 Å². The smallest absolute Gasteiger partial charge is 0.262 e. The molecule has 0 aliphatic heterocycles. The Kier molecular flexibility index (Phi) is 5.14. The lowest BCUT2D eigenvalue weighted by Crippen LogP contribution is -2.48. The maximum Gasteiger partial charge on any atom is 0.262 e.